The Hall–Kier alpha value is -2.92. The molecule has 0 radical (unpaired) electrons. The van der Waals surface area contributed by atoms with Gasteiger partial charge in [-0.2, -0.15) is 0 Å². The molecule has 2 aromatic carbocycles. The molecule has 1 atom stereocenters. The highest BCUT2D eigenvalue weighted by Crippen LogP contribution is 2.40. The zero-order valence-corrected chi connectivity index (χ0v) is 19.4. The van der Waals surface area contributed by atoms with E-state index in [0.29, 0.717) is 30.7 Å². The predicted molar refractivity (Wildman–Crippen MR) is 131 cm³/mol. The third-order valence-corrected chi connectivity index (χ3v) is 7.04. The van der Waals surface area contributed by atoms with Crippen LogP contribution in [0.15, 0.2) is 55.1 Å². The molecule has 1 fully saturated rings. The van der Waals surface area contributed by atoms with E-state index in [1.165, 1.54) is 18.4 Å². The fraction of sp³-hybridized carbons (Fsp3) is 0.370. The van der Waals surface area contributed by atoms with Gasteiger partial charge in [-0.15, -0.1) is 0 Å². The Labute approximate surface area is 199 Å². The van der Waals surface area contributed by atoms with E-state index in [4.69, 9.17) is 21.1 Å². The minimum Gasteiger partial charge on any atom is -0.490 e. The number of fused-ring (bicyclic) bond motifs is 3. The van der Waals surface area contributed by atoms with E-state index in [9.17, 15) is 4.79 Å². The highest BCUT2D eigenvalue weighted by molar-refractivity contribution is 6.31. The molecule has 3 aromatic rings. The van der Waals surface area contributed by atoms with Crippen molar-refractivity contribution < 1.29 is 14.3 Å². The lowest BCUT2D eigenvalue weighted by atomic mass is 9.92. The highest BCUT2D eigenvalue weighted by Gasteiger charge is 2.36. The largest absolute Gasteiger partial charge is 0.490 e. The van der Waals surface area contributed by atoms with E-state index in [-0.39, 0.29) is 12.1 Å². The molecule has 33 heavy (non-hydrogen) atoms. The number of H-pyrrole nitrogens is 1. The predicted octanol–water partition coefficient (Wildman–Crippen LogP) is 6.66. The Bertz CT molecular complexity index is 1150. The number of nitrogens with one attached hydrogen (secondary N) is 1. The number of halogens is 1. The number of nitrogens with zero attached hydrogens (tertiary/aromatic N) is 1. The molecule has 5 nitrogen and oxygen atoms in total. The summed E-state index contributed by atoms with van der Waals surface area (Å²) in [5, 5.41) is 1.83. The SMILES string of the molecule is C=CCOc1ccc([C@H]2c3[nH]c4ccc(Cl)cc4c3CCN2C(=O)OCC2CCCC2)cc1. The molecule has 0 spiro atoms. The molecule has 0 unspecified atom stereocenters. The first-order valence-corrected chi connectivity index (χ1v) is 12.1. The number of benzene rings is 2. The normalized spacial score (nSPS) is 18.3. The van der Waals surface area contributed by atoms with Crippen LogP contribution in [-0.2, 0) is 11.2 Å². The minimum absolute atomic E-state index is 0.249. The molecule has 0 saturated heterocycles. The van der Waals surface area contributed by atoms with Gasteiger partial charge >= 0.3 is 6.09 Å². The van der Waals surface area contributed by atoms with E-state index in [1.54, 1.807) is 6.08 Å². The number of hydrogen-bond donors (Lipinski definition) is 1. The maximum atomic E-state index is 13.3. The lowest BCUT2D eigenvalue weighted by Gasteiger charge is -2.35. The highest BCUT2D eigenvalue weighted by atomic mass is 35.5. The second-order valence-electron chi connectivity index (χ2n) is 8.95. The van der Waals surface area contributed by atoms with Crippen LogP contribution < -0.4 is 4.74 Å². The van der Waals surface area contributed by atoms with Crippen LogP contribution in [0.1, 0.15) is 48.5 Å². The summed E-state index contributed by atoms with van der Waals surface area (Å²) < 4.78 is 11.5. The summed E-state index contributed by atoms with van der Waals surface area (Å²) >= 11 is 6.29. The molecule has 0 bridgehead atoms. The van der Waals surface area contributed by atoms with Crippen LogP contribution >= 0.6 is 11.6 Å². The molecule has 1 aliphatic heterocycles. The lowest BCUT2D eigenvalue weighted by Crippen LogP contribution is -2.41. The molecular formula is C27H29ClN2O3. The van der Waals surface area contributed by atoms with Gasteiger partial charge in [0.05, 0.1) is 6.61 Å². The van der Waals surface area contributed by atoms with Gasteiger partial charge in [-0.25, -0.2) is 4.79 Å². The van der Waals surface area contributed by atoms with E-state index in [2.05, 4.69) is 11.6 Å². The van der Waals surface area contributed by atoms with Crippen LogP contribution in [0.25, 0.3) is 10.9 Å². The number of rotatable bonds is 6. The van der Waals surface area contributed by atoms with Crippen LogP contribution in [0.3, 0.4) is 0 Å². The average Bonchev–Trinajstić information content (AvgIpc) is 3.48. The van der Waals surface area contributed by atoms with Crippen molar-refractivity contribution in [3.05, 3.63) is 77.0 Å². The number of ether oxygens (including phenoxy) is 2. The van der Waals surface area contributed by atoms with Crippen LogP contribution in [0.5, 0.6) is 5.75 Å². The number of carbonyl (C=O) groups excluding carboxylic acids is 1. The molecule has 2 heterocycles. The summed E-state index contributed by atoms with van der Waals surface area (Å²) in [6.07, 6.45) is 6.99. The van der Waals surface area contributed by atoms with Gasteiger partial charge in [0.25, 0.3) is 0 Å². The first kappa shape index (κ1) is 21.9. The summed E-state index contributed by atoms with van der Waals surface area (Å²) in [6.45, 7) is 5.25. The smallest absolute Gasteiger partial charge is 0.410 e. The van der Waals surface area contributed by atoms with Crippen molar-refractivity contribution in [2.45, 2.75) is 38.1 Å². The Kier molecular flexibility index (Phi) is 6.32. The second kappa shape index (κ2) is 9.52. The summed E-state index contributed by atoms with van der Waals surface area (Å²) in [6, 6.07) is 13.6. The Morgan fingerprint density at radius 2 is 1.97 bits per heavy atom. The van der Waals surface area contributed by atoms with Crippen molar-refractivity contribution in [2.75, 3.05) is 19.8 Å². The monoisotopic (exact) mass is 464 g/mol. The number of amides is 1. The van der Waals surface area contributed by atoms with E-state index >= 15 is 0 Å². The fourth-order valence-electron chi connectivity index (χ4n) is 5.15. The minimum atomic E-state index is -0.260. The zero-order chi connectivity index (χ0) is 22.8. The van der Waals surface area contributed by atoms with Gasteiger partial charge in [0, 0.05) is 28.2 Å². The summed E-state index contributed by atoms with van der Waals surface area (Å²) in [4.78, 5) is 18.7. The standard InChI is InChI=1S/C27H29ClN2O3/c1-2-15-32-21-10-7-19(8-11-21)26-25-22(23-16-20(28)9-12-24(23)29-25)13-14-30(26)27(31)33-17-18-5-3-4-6-18/h2,7-12,16,18,26,29H,1,3-6,13-15,17H2/t26-/m0/s1. The van der Waals surface area contributed by atoms with Gasteiger partial charge in [-0.1, -0.05) is 49.2 Å². The number of aromatic amines is 1. The fourth-order valence-corrected chi connectivity index (χ4v) is 5.33. The molecule has 5 rings (SSSR count). The molecule has 6 heteroatoms. The number of carbonyl (C=O) groups is 1. The van der Waals surface area contributed by atoms with Gasteiger partial charge in [-0.05, 0) is 66.6 Å². The Balaban J connectivity index is 1.48. The molecule has 1 aliphatic carbocycles. The molecule has 1 saturated carbocycles. The lowest BCUT2D eigenvalue weighted by molar-refractivity contribution is 0.0763. The summed E-state index contributed by atoms with van der Waals surface area (Å²) in [5.74, 6) is 1.26. The average molecular weight is 465 g/mol. The quantitative estimate of drug-likeness (QED) is 0.415. The van der Waals surface area contributed by atoms with Crippen molar-refractivity contribution >= 4 is 28.6 Å². The van der Waals surface area contributed by atoms with E-state index < -0.39 is 0 Å². The summed E-state index contributed by atoms with van der Waals surface area (Å²) in [5.41, 5.74) is 4.28. The summed E-state index contributed by atoms with van der Waals surface area (Å²) in [7, 11) is 0. The van der Waals surface area contributed by atoms with Crippen molar-refractivity contribution in [3.63, 3.8) is 0 Å². The first-order valence-electron chi connectivity index (χ1n) is 11.7. The van der Waals surface area contributed by atoms with Crippen molar-refractivity contribution in [1.29, 1.82) is 0 Å². The van der Waals surface area contributed by atoms with Crippen LogP contribution in [0, 0.1) is 5.92 Å². The zero-order valence-electron chi connectivity index (χ0n) is 18.7. The topological polar surface area (TPSA) is 54.6 Å². The Morgan fingerprint density at radius 1 is 1.18 bits per heavy atom. The molecule has 1 amide bonds. The van der Waals surface area contributed by atoms with Gasteiger partial charge in [0.2, 0.25) is 0 Å². The van der Waals surface area contributed by atoms with E-state index in [0.717, 1.165) is 47.2 Å². The first-order chi connectivity index (χ1) is 16.1. The number of hydrogen-bond acceptors (Lipinski definition) is 3. The van der Waals surface area contributed by atoms with Crippen LogP contribution in [-0.4, -0.2) is 35.7 Å². The van der Waals surface area contributed by atoms with Gasteiger partial charge in [-0.3, -0.25) is 4.90 Å². The van der Waals surface area contributed by atoms with E-state index in [1.807, 2.05) is 47.4 Å². The van der Waals surface area contributed by atoms with Gasteiger partial charge in [0.15, 0.2) is 0 Å². The van der Waals surface area contributed by atoms with Gasteiger partial charge in [0.1, 0.15) is 18.4 Å². The molecular weight excluding hydrogens is 436 g/mol. The third kappa shape index (κ3) is 4.47. The third-order valence-electron chi connectivity index (χ3n) is 6.80. The van der Waals surface area contributed by atoms with Crippen molar-refractivity contribution in [1.82, 2.24) is 9.88 Å². The van der Waals surface area contributed by atoms with Gasteiger partial charge < -0.3 is 14.5 Å². The molecule has 172 valence electrons. The molecule has 1 N–H and O–H groups in total. The second-order valence-corrected chi connectivity index (χ2v) is 9.39. The Morgan fingerprint density at radius 3 is 2.73 bits per heavy atom. The maximum Gasteiger partial charge on any atom is 0.410 e. The molecule has 2 aliphatic rings. The maximum absolute atomic E-state index is 13.3. The van der Waals surface area contributed by atoms with Crippen LogP contribution in [0.2, 0.25) is 5.02 Å². The van der Waals surface area contributed by atoms with Crippen LogP contribution in [0.4, 0.5) is 4.79 Å². The number of aromatic nitrogens is 1. The van der Waals surface area contributed by atoms with Crippen molar-refractivity contribution in [2.24, 2.45) is 5.92 Å². The molecule has 1 aromatic heterocycles. The van der Waals surface area contributed by atoms with Crippen molar-refractivity contribution in [3.8, 4) is 5.75 Å².